The average molecular weight is 422 g/mol. The summed E-state index contributed by atoms with van der Waals surface area (Å²) in [5.74, 6) is 5.22. The summed E-state index contributed by atoms with van der Waals surface area (Å²) >= 11 is 5.98. The van der Waals surface area contributed by atoms with Gasteiger partial charge < -0.3 is 11.0 Å². The number of nitrogens with zero attached hydrogens (tertiary/aromatic N) is 2. The summed E-state index contributed by atoms with van der Waals surface area (Å²) in [4.78, 5) is 13.0. The van der Waals surface area contributed by atoms with Crippen LogP contribution in [0.5, 0.6) is 0 Å². The molecule has 0 saturated carbocycles. The van der Waals surface area contributed by atoms with Crippen LogP contribution in [0.4, 0.5) is 13.2 Å². The molecule has 1 aliphatic rings. The van der Waals surface area contributed by atoms with Crippen molar-refractivity contribution >= 4 is 28.2 Å². The minimum atomic E-state index is -4.42. The molecule has 5 nitrogen and oxygen atoms in total. The summed E-state index contributed by atoms with van der Waals surface area (Å²) in [6.07, 6.45) is -3.92. The van der Waals surface area contributed by atoms with Crippen LogP contribution in [0, 0.1) is 0 Å². The number of fused-ring (bicyclic) bond motifs is 2. The van der Waals surface area contributed by atoms with Crippen molar-refractivity contribution in [3.63, 3.8) is 0 Å². The highest BCUT2D eigenvalue weighted by molar-refractivity contribution is 6.31. The van der Waals surface area contributed by atoms with E-state index in [0.29, 0.717) is 16.3 Å². The van der Waals surface area contributed by atoms with Gasteiger partial charge in [0.1, 0.15) is 0 Å². The van der Waals surface area contributed by atoms with Gasteiger partial charge in [0.2, 0.25) is 0 Å². The van der Waals surface area contributed by atoms with Gasteiger partial charge in [-0.1, -0.05) is 23.7 Å². The maximum atomic E-state index is 13.0. The molecule has 150 valence electrons. The zero-order chi connectivity index (χ0) is 20.9. The summed E-state index contributed by atoms with van der Waals surface area (Å²) in [5.41, 5.74) is 0.616. The molecule has 3 aromatic rings. The molecule has 1 unspecified atom stereocenters. The zero-order valence-corrected chi connectivity index (χ0v) is 15.6. The van der Waals surface area contributed by atoms with Crippen LogP contribution in [0.15, 0.2) is 52.4 Å². The van der Waals surface area contributed by atoms with Crippen LogP contribution in [-0.4, -0.2) is 15.6 Å². The Morgan fingerprint density at radius 2 is 1.83 bits per heavy atom. The molecule has 3 N–H and O–H groups in total. The van der Waals surface area contributed by atoms with E-state index in [9.17, 15) is 23.2 Å². The van der Waals surface area contributed by atoms with Gasteiger partial charge in [0, 0.05) is 5.02 Å². The van der Waals surface area contributed by atoms with Crippen LogP contribution in [0.3, 0.4) is 0 Å². The quantitative estimate of drug-likeness (QED) is 0.349. The molecule has 0 amide bonds. The highest BCUT2D eigenvalue weighted by Gasteiger charge is 2.33. The van der Waals surface area contributed by atoms with E-state index in [4.69, 9.17) is 17.4 Å². The second-order valence-electron chi connectivity index (χ2n) is 6.92. The highest BCUT2D eigenvalue weighted by Crippen LogP contribution is 2.35. The number of hydrazone groups is 1. The van der Waals surface area contributed by atoms with E-state index in [0.717, 1.165) is 16.9 Å². The van der Waals surface area contributed by atoms with Gasteiger partial charge in [-0.3, -0.25) is 4.79 Å². The molecule has 1 heterocycles. The van der Waals surface area contributed by atoms with Crippen LogP contribution in [0.2, 0.25) is 5.02 Å². The molecule has 0 radical (unpaired) electrons. The van der Waals surface area contributed by atoms with Gasteiger partial charge in [-0.25, -0.2) is 0 Å². The molecule has 0 spiro atoms. The molecule has 0 saturated heterocycles. The van der Waals surface area contributed by atoms with Crippen molar-refractivity contribution in [1.29, 1.82) is 0 Å². The Kier molecular flexibility index (Phi) is 4.53. The van der Waals surface area contributed by atoms with Crippen LogP contribution in [-0.2, 0) is 12.6 Å². The van der Waals surface area contributed by atoms with Crippen molar-refractivity contribution < 1.29 is 18.4 Å². The van der Waals surface area contributed by atoms with Gasteiger partial charge in [0.05, 0.1) is 33.4 Å². The molecule has 0 bridgehead atoms. The summed E-state index contributed by atoms with van der Waals surface area (Å²) in [6, 6.07) is 9.36. The number of hydrogen-bond acceptors (Lipinski definition) is 4. The number of nitrogens with two attached hydrogens (primary N) is 1. The Morgan fingerprint density at radius 3 is 2.45 bits per heavy atom. The van der Waals surface area contributed by atoms with Gasteiger partial charge in [0.15, 0.2) is 5.43 Å². The molecular formula is C20H15ClF3N3O2. The summed E-state index contributed by atoms with van der Waals surface area (Å²) < 4.78 is 39.4. The largest absolute Gasteiger partial charge is 0.428 e. The van der Waals surface area contributed by atoms with E-state index >= 15 is 0 Å². The smallest absolute Gasteiger partial charge is 0.416 e. The minimum absolute atomic E-state index is 0.202. The van der Waals surface area contributed by atoms with Crippen molar-refractivity contribution in [2.45, 2.75) is 24.9 Å². The van der Waals surface area contributed by atoms with Crippen molar-refractivity contribution in [3.8, 4) is 0 Å². The molecule has 0 fully saturated rings. The normalized spacial score (nSPS) is 18.2. The van der Waals surface area contributed by atoms with E-state index in [1.165, 1.54) is 24.3 Å². The topological polar surface area (TPSA) is 80.6 Å². The number of pyridine rings is 1. The lowest BCUT2D eigenvalue weighted by molar-refractivity contribution is -0.137. The molecule has 1 aliphatic carbocycles. The predicted molar refractivity (Wildman–Crippen MR) is 104 cm³/mol. The lowest BCUT2D eigenvalue weighted by Crippen LogP contribution is -2.31. The fourth-order valence-electron chi connectivity index (χ4n) is 3.82. The predicted octanol–water partition coefficient (Wildman–Crippen LogP) is 4.30. The first-order chi connectivity index (χ1) is 13.7. The Labute approximate surface area is 167 Å². The van der Waals surface area contributed by atoms with E-state index in [2.05, 4.69) is 5.10 Å². The third-order valence-electron chi connectivity index (χ3n) is 5.24. The maximum Gasteiger partial charge on any atom is 0.416 e. The average Bonchev–Trinajstić information content (AvgIpc) is 2.70. The second-order valence-corrected chi connectivity index (χ2v) is 7.36. The highest BCUT2D eigenvalue weighted by atomic mass is 35.5. The Morgan fingerprint density at radius 1 is 1.14 bits per heavy atom. The maximum absolute atomic E-state index is 13.0. The number of hydrogen-bond donors (Lipinski definition) is 2. The first-order valence-corrected chi connectivity index (χ1v) is 9.09. The lowest BCUT2D eigenvalue weighted by atomic mass is 9.80. The van der Waals surface area contributed by atoms with Crippen molar-refractivity contribution in [2.24, 2.45) is 10.9 Å². The number of aromatic nitrogens is 1. The Bertz CT molecular complexity index is 1200. The van der Waals surface area contributed by atoms with Gasteiger partial charge >= 0.3 is 6.18 Å². The van der Waals surface area contributed by atoms with Crippen LogP contribution in [0.25, 0.3) is 10.9 Å². The van der Waals surface area contributed by atoms with Crippen molar-refractivity contribution in [1.82, 2.24) is 4.73 Å². The number of halogens is 4. The standard InChI is InChI=1S/C20H15ClF3N3O2/c21-13-5-6-16-14(9-13)19(28)18-15(26-25)7-11(8-17(18)27(16)29)10-1-3-12(4-2-10)20(22,23)24/h1-6,9,11,29H,7-8,25H2/b26-15-. The summed E-state index contributed by atoms with van der Waals surface area (Å²) in [6.45, 7) is 0. The first-order valence-electron chi connectivity index (χ1n) is 8.71. The van der Waals surface area contributed by atoms with E-state index in [1.54, 1.807) is 6.07 Å². The Hall–Kier alpha value is -3.00. The third kappa shape index (κ3) is 3.23. The second kappa shape index (κ2) is 6.81. The number of rotatable bonds is 1. The van der Waals surface area contributed by atoms with E-state index < -0.39 is 11.7 Å². The summed E-state index contributed by atoms with van der Waals surface area (Å²) in [7, 11) is 0. The third-order valence-corrected chi connectivity index (χ3v) is 5.47. The van der Waals surface area contributed by atoms with Gasteiger partial charge in [-0.15, -0.1) is 0 Å². The molecule has 9 heteroatoms. The molecule has 0 aliphatic heterocycles. The molecular weight excluding hydrogens is 407 g/mol. The van der Waals surface area contributed by atoms with Crippen LogP contribution >= 0.6 is 11.6 Å². The molecule has 1 atom stereocenters. The monoisotopic (exact) mass is 421 g/mol. The van der Waals surface area contributed by atoms with Gasteiger partial charge in [-0.2, -0.15) is 23.0 Å². The SMILES string of the molecule is N/N=C1/CC(c2ccc(C(F)(F)F)cc2)Cc2c1c(=O)c1cc(Cl)ccc1n2O. The van der Waals surface area contributed by atoms with E-state index in [-0.39, 0.29) is 46.4 Å². The number of benzene rings is 2. The Balaban J connectivity index is 1.84. The summed E-state index contributed by atoms with van der Waals surface area (Å²) in [5, 5.41) is 15.0. The van der Waals surface area contributed by atoms with Crippen molar-refractivity contribution in [3.05, 3.63) is 80.1 Å². The van der Waals surface area contributed by atoms with Crippen molar-refractivity contribution in [2.75, 3.05) is 0 Å². The zero-order valence-electron chi connectivity index (χ0n) is 14.9. The van der Waals surface area contributed by atoms with Gasteiger partial charge in [0.25, 0.3) is 0 Å². The minimum Gasteiger partial charge on any atom is -0.428 e. The fraction of sp³-hybridized carbons (Fsp3) is 0.200. The lowest BCUT2D eigenvalue weighted by Gasteiger charge is -2.27. The molecule has 29 heavy (non-hydrogen) atoms. The first kappa shape index (κ1) is 19.3. The van der Waals surface area contributed by atoms with Crippen LogP contribution in [0.1, 0.15) is 34.7 Å². The van der Waals surface area contributed by atoms with E-state index in [1.807, 2.05) is 0 Å². The fourth-order valence-corrected chi connectivity index (χ4v) is 3.99. The van der Waals surface area contributed by atoms with Gasteiger partial charge in [-0.05, 0) is 54.7 Å². The number of alkyl halides is 3. The molecule has 2 aromatic carbocycles. The molecule has 1 aromatic heterocycles. The molecule has 4 rings (SSSR count). The van der Waals surface area contributed by atoms with Crippen LogP contribution < -0.4 is 11.3 Å².